The van der Waals surface area contributed by atoms with Gasteiger partial charge >= 0.3 is 0 Å². The minimum atomic E-state index is -0.633. The van der Waals surface area contributed by atoms with E-state index in [2.05, 4.69) is 5.32 Å². The van der Waals surface area contributed by atoms with E-state index in [9.17, 15) is 13.6 Å². The largest absolute Gasteiger partial charge is 0.376 e. The minimum Gasteiger partial charge on any atom is -0.376 e. The van der Waals surface area contributed by atoms with Gasteiger partial charge in [-0.1, -0.05) is 12.1 Å². The summed E-state index contributed by atoms with van der Waals surface area (Å²) in [5.41, 5.74) is 6.19. The molecule has 1 amide bonds. The summed E-state index contributed by atoms with van der Waals surface area (Å²) < 4.78 is 26.9. The Balaban J connectivity index is 2.25. The van der Waals surface area contributed by atoms with Crippen LogP contribution in [0.5, 0.6) is 0 Å². The molecule has 5 heteroatoms. The van der Waals surface area contributed by atoms with Gasteiger partial charge in [-0.25, -0.2) is 8.78 Å². The summed E-state index contributed by atoms with van der Waals surface area (Å²) in [4.78, 5) is 11.1. The van der Waals surface area contributed by atoms with Crippen LogP contribution in [0.4, 0.5) is 14.5 Å². The van der Waals surface area contributed by atoms with Crippen LogP contribution < -0.4 is 11.1 Å². The van der Waals surface area contributed by atoms with Gasteiger partial charge in [-0.2, -0.15) is 0 Å². The van der Waals surface area contributed by atoms with Gasteiger partial charge in [0.2, 0.25) is 5.91 Å². The number of nitrogens with two attached hydrogens (primary N) is 1. The van der Waals surface area contributed by atoms with E-state index < -0.39 is 11.7 Å². The molecule has 0 heterocycles. The lowest BCUT2D eigenvalue weighted by molar-refractivity contribution is 0.100. The first-order valence-corrected chi connectivity index (χ1v) is 6.08. The fraction of sp³-hybridized carbons (Fsp3) is 0.133. The van der Waals surface area contributed by atoms with Crippen LogP contribution in [0, 0.1) is 11.6 Å². The smallest absolute Gasteiger partial charge is 0.248 e. The maximum atomic E-state index is 13.7. The van der Waals surface area contributed by atoms with Crippen LogP contribution >= 0.6 is 0 Å². The number of halogens is 2. The Morgan fingerprint density at radius 2 is 1.95 bits per heavy atom. The van der Waals surface area contributed by atoms with E-state index >= 15 is 0 Å². The Bertz CT molecular complexity index is 644. The number of benzene rings is 2. The molecule has 0 aliphatic rings. The number of rotatable bonds is 4. The lowest BCUT2D eigenvalue weighted by atomic mass is 10.1. The standard InChI is InChI=1S/C15H14F2N2O/c1-9(10-3-2-4-12(16)7-10)19-14-8-11(15(18)20)5-6-13(14)17/h2-9,19H,1H3,(H2,18,20). The Kier molecular flexibility index (Phi) is 3.98. The van der Waals surface area contributed by atoms with Gasteiger partial charge in [-0.15, -0.1) is 0 Å². The molecular formula is C15H14F2N2O. The zero-order valence-electron chi connectivity index (χ0n) is 10.9. The molecule has 0 bridgehead atoms. The highest BCUT2D eigenvalue weighted by Gasteiger charge is 2.11. The van der Waals surface area contributed by atoms with Crippen LogP contribution in [-0.2, 0) is 0 Å². The third kappa shape index (κ3) is 3.12. The van der Waals surface area contributed by atoms with Crippen LogP contribution in [0.15, 0.2) is 42.5 Å². The number of carbonyl (C=O) groups excluding carboxylic acids is 1. The normalized spacial score (nSPS) is 11.9. The van der Waals surface area contributed by atoms with E-state index in [1.807, 2.05) is 0 Å². The molecule has 1 unspecified atom stereocenters. The van der Waals surface area contributed by atoms with Gasteiger partial charge < -0.3 is 11.1 Å². The molecule has 2 rings (SSSR count). The second-order valence-electron chi connectivity index (χ2n) is 4.48. The second kappa shape index (κ2) is 5.69. The molecule has 1 atom stereocenters. The fourth-order valence-corrected chi connectivity index (χ4v) is 1.88. The molecule has 0 radical (unpaired) electrons. The van der Waals surface area contributed by atoms with Gasteiger partial charge in [0, 0.05) is 11.6 Å². The van der Waals surface area contributed by atoms with Crippen LogP contribution in [-0.4, -0.2) is 5.91 Å². The van der Waals surface area contributed by atoms with E-state index in [-0.39, 0.29) is 23.1 Å². The van der Waals surface area contributed by atoms with Crippen molar-refractivity contribution in [3.63, 3.8) is 0 Å². The lowest BCUT2D eigenvalue weighted by Gasteiger charge is -2.16. The SMILES string of the molecule is CC(Nc1cc(C(N)=O)ccc1F)c1cccc(F)c1. The molecule has 104 valence electrons. The van der Waals surface area contributed by atoms with Crippen molar-refractivity contribution in [2.45, 2.75) is 13.0 Å². The number of hydrogen-bond acceptors (Lipinski definition) is 2. The Hall–Kier alpha value is -2.43. The number of anilines is 1. The zero-order chi connectivity index (χ0) is 14.7. The van der Waals surface area contributed by atoms with E-state index in [0.29, 0.717) is 5.56 Å². The van der Waals surface area contributed by atoms with E-state index in [4.69, 9.17) is 5.73 Å². The Labute approximate surface area is 115 Å². The topological polar surface area (TPSA) is 55.1 Å². The number of carbonyl (C=O) groups is 1. The van der Waals surface area contributed by atoms with Gasteiger partial charge in [-0.05, 0) is 42.8 Å². The molecule has 3 nitrogen and oxygen atoms in total. The van der Waals surface area contributed by atoms with Crippen molar-refractivity contribution in [1.29, 1.82) is 0 Å². The highest BCUT2D eigenvalue weighted by atomic mass is 19.1. The van der Waals surface area contributed by atoms with Crippen molar-refractivity contribution in [1.82, 2.24) is 0 Å². The predicted molar refractivity (Wildman–Crippen MR) is 73.4 cm³/mol. The summed E-state index contributed by atoms with van der Waals surface area (Å²) >= 11 is 0. The molecule has 0 fully saturated rings. The average molecular weight is 276 g/mol. The van der Waals surface area contributed by atoms with E-state index in [1.54, 1.807) is 19.1 Å². The summed E-state index contributed by atoms with van der Waals surface area (Å²) in [7, 11) is 0. The van der Waals surface area contributed by atoms with Crippen molar-refractivity contribution in [2.75, 3.05) is 5.32 Å². The van der Waals surface area contributed by atoms with Gasteiger partial charge in [0.1, 0.15) is 11.6 Å². The second-order valence-corrected chi connectivity index (χ2v) is 4.48. The van der Waals surface area contributed by atoms with Gasteiger partial charge in [0.15, 0.2) is 0 Å². The van der Waals surface area contributed by atoms with Crippen molar-refractivity contribution in [3.05, 3.63) is 65.2 Å². The first kappa shape index (κ1) is 14.0. The molecule has 0 aliphatic heterocycles. The maximum absolute atomic E-state index is 13.7. The van der Waals surface area contributed by atoms with Gasteiger partial charge in [0.25, 0.3) is 0 Å². The number of hydrogen-bond donors (Lipinski definition) is 2. The fourth-order valence-electron chi connectivity index (χ4n) is 1.88. The third-order valence-corrected chi connectivity index (χ3v) is 2.97. The van der Waals surface area contributed by atoms with Crippen molar-refractivity contribution < 1.29 is 13.6 Å². The predicted octanol–water partition coefficient (Wildman–Crippen LogP) is 3.24. The zero-order valence-corrected chi connectivity index (χ0v) is 10.9. The number of nitrogens with one attached hydrogen (secondary N) is 1. The highest BCUT2D eigenvalue weighted by molar-refractivity contribution is 5.93. The summed E-state index contributed by atoms with van der Waals surface area (Å²) in [5, 5.41) is 2.90. The first-order valence-electron chi connectivity index (χ1n) is 6.08. The molecule has 0 saturated carbocycles. The van der Waals surface area contributed by atoms with Crippen LogP contribution in [0.25, 0.3) is 0 Å². The average Bonchev–Trinajstić information content (AvgIpc) is 2.41. The molecule has 20 heavy (non-hydrogen) atoms. The van der Waals surface area contributed by atoms with Crippen LogP contribution in [0.2, 0.25) is 0 Å². The molecule has 2 aromatic rings. The molecule has 3 N–H and O–H groups in total. The Morgan fingerprint density at radius 3 is 2.60 bits per heavy atom. The monoisotopic (exact) mass is 276 g/mol. The Morgan fingerprint density at radius 1 is 1.20 bits per heavy atom. The van der Waals surface area contributed by atoms with Crippen LogP contribution in [0.1, 0.15) is 28.9 Å². The maximum Gasteiger partial charge on any atom is 0.248 e. The number of amides is 1. The number of primary amides is 1. The van der Waals surface area contributed by atoms with Crippen LogP contribution in [0.3, 0.4) is 0 Å². The van der Waals surface area contributed by atoms with E-state index in [1.165, 1.54) is 30.3 Å². The molecule has 0 aliphatic carbocycles. The summed E-state index contributed by atoms with van der Waals surface area (Å²) in [6.07, 6.45) is 0. The summed E-state index contributed by atoms with van der Waals surface area (Å²) in [6.45, 7) is 1.77. The van der Waals surface area contributed by atoms with Gasteiger partial charge in [0.05, 0.1) is 5.69 Å². The first-order chi connectivity index (χ1) is 9.47. The molecular weight excluding hydrogens is 262 g/mol. The van der Waals surface area contributed by atoms with Crippen molar-refractivity contribution in [3.8, 4) is 0 Å². The quantitative estimate of drug-likeness (QED) is 0.900. The lowest BCUT2D eigenvalue weighted by Crippen LogP contribution is -2.13. The summed E-state index contributed by atoms with van der Waals surface area (Å²) in [6, 6.07) is 9.53. The molecule has 0 saturated heterocycles. The van der Waals surface area contributed by atoms with Crippen molar-refractivity contribution in [2.24, 2.45) is 5.73 Å². The molecule has 0 aromatic heterocycles. The van der Waals surface area contributed by atoms with Gasteiger partial charge in [-0.3, -0.25) is 4.79 Å². The molecule has 0 spiro atoms. The van der Waals surface area contributed by atoms with E-state index in [0.717, 1.165) is 0 Å². The minimum absolute atomic E-state index is 0.151. The van der Waals surface area contributed by atoms with Crippen molar-refractivity contribution >= 4 is 11.6 Å². The third-order valence-electron chi connectivity index (χ3n) is 2.97. The summed E-state index contributed by atoms with van der Waals surface area (Å²) in [5.74, 6) is -1.49. The highest BCUT2D eigenvalue weighted by Crippen LogP contribution is 2.23. The molecule has 2 aromatic carbocycles.